The van der Waals surface area contributed by atoms with E-state index in [4.69, 9.17) is 9.97 Å². The number of rotatable bonds is 9. The maximum atomic E-state index is 11.9. The number of anilines is 4. The average Bonchev–Trinajstić information content (AvgIpc) is 3.58. The SMILES string of the molecule is CN(C)c1cccc(Nc2nc(NCCCN3CCCC3=O)c3ncn(-c4ccsc4)c3n2)c1. The Bertz CT molecular complexity index is 1280. The number of fused-ring (bicyclic) bond motifs is 1. The summed E-state index contributed by atoms with van der Waals surface area (Å²) in [6, 6.07) is 10.2. The van der Waals surface area contributed by atoms with Gasteiger partial charge in [0.25, 0.3) is 0 Å². The van der Waals surface area contributed by atoms with Crippen molar-refractivity contribution in [3.8, 4) is 5.69 Å². The van der Waals surface area contributed by atoms with Crippen molar-refractivity contribution in [2.24, 2.45) is 0 Å². The van der Waals surface area contributed by atoms with Gasteiger partial charge in [0.15, 0.2) is 17.0 Å². The van der Waals surface area contributed by atoms with Crippen molar-refractivity contribution in [2.45, 2.75) is 19.3 Å². The van der Waals surface area contributed by atoms with Gasteiger partial charge in [0, 0.05) is 56.9 Å². The summed E-state index contributed by atoms with van der Waals surface area (Å²) in [4.78, 5) is 30.0. The molecule has 10 heteroatoms. The van der Waals surface area contributed by atoms with Gasteiger partial charge < -0.3 is 20.4 Å². The number of imidazole rings is 1. The summed E-state index contributed by atoms with van der Waals surface area (Å²) in [6.45, 7) is 2.31. The normalized spacial score (nSPS) is 13.6. The first kappa shape index (κ1) is 22.1. The van der Waals surface area contributed by atoms with E-state index in [2.05, 4.69) is 38.0 Å². The molecule has 9 nitrogen and oxygen atoms in total. The molecule has 1 saturated heterocycles. The first-order valence-electron chi connectivity index (χ1n) is 11.4. The second-order valence-electron chi connectivity index (χ2n) is 8.50. The van der Waals surface area contributed by atoms with E-state index in [1.165, 1.54) is 0 Å². The van der Waals surface area contributed by atoms with Crippen LogP contribution in [0.1, 0.15) is 19.3 Å². The number of likely N-dealkylation sites (tertiary alicyclic amines) is 1. The highest BCUT2D eigenvalue weighted by Crippen LogP contribution is 2.27. The van der Waals surface area contributed by atoms with Crippen molar-refractivity contribution in [3.05, 3.63) is 47.4 Å². The fourth-order valence-electron chi connectivity index (χ4n) is 4.07. The van der Waals surface area contributed by atoms with Gasteiger partial charge in [0.1, 0.15) is 6.33 Å². The van der Waals surface area contributed by atoms with Gasteiger partial charge in [-0.1, -0.05) is 6.07 Å². The van der Waals surface area contributed by atoms with Crippen molar-refractivity contribution < 1.29 is 4.79 Å². The van der Waals surface area contributed by atoms with Gasteiger partial charge in [-0.25, -0.2) is 4.98 Å². The maximum absolute atomic E-state index is 11.9. The molecule has 176 valence electrons. The lowest BCUT2D eigenvalue weighted by atomic mass is 10.2. The molecule has 5 rings (SSSR count). The third-order valence-electron chi connectivity index (χ3n) is 5.87. The third-order valence-corrected chi connectivity index (χ3v) is 6.54. The first-order chi connectivity index (χ1) is 16.6. The highest BCUT2D eigenvalue weighted by atomic mass is 32.1. The van der Waals surface area contributed by atoms with Crippen LogP contribution in [0.5, 0.6) is 0 Å². The summed E-state index contributed by atoms with van der Waals surface area (Å²) >= 11 is 1.63. The van der Waals surface area contributed by atoms with Crippen molar-refractivity contribution in [3.63, 3.8) is 0 Å². The number of thiophene rings is 1. The summed E-state index contributed by atoms with van der Waals surface area (Å²) in [7, 11) is 4.03. The van der Waals surface area contributed by atoms with E-state index in [0.717, 1.165) is 54.2 Å². The summed E-state index contributed by atoms with van der Waals surface area (Å²) < 4.78 is 1.98. The van der Waals surface area contributed by atoms with Crippen molar-refractivity contribution >= 4 is 51.5 Å². The van der Waals surface area contributed by atoms with Crippen LogP contribution < -0.4 is 15.5 Å². The van der Waals surface area contributed by atoms with Gasteiger partial charge in [-0.2, -0.15) is 21.3 Å². The smallest absolute Gasteiger partial charge is 0.231 e. The minimum Gasteiger partial charge on any atom is -0.378 e. The van der Waals surface area contributed by atoms with E-state index in [1.807, 2.05) is 47.1 Å². The molecular formula is C24H28N8OS. The van der Waals surface area contributed by atoms with E-state index in [0.29, 0.717) is 24.7 Å². The average molecular weight is 477 g/mol. The topological polar surface area (TPSA) is 91.2 Å². The van der Waals surface area contributed by atoms with Crippen LogP contribution in [-0.4, -0.2) is 64.1 Å². The minimum absolute atomic E-state index is 0.255. The van der Waals surface area contributed by atoms with Gasteiger partial charge in [0.2, 0.25) is 11.9 Å². The molecule has 4 heterocycles. The van der Waals surface area contributed by atoms with Gasteiger partial charge in [-0.05, 0) is 42.5 Å². The molecule has 1 amide bonds. The maximum Gasteiger partial charge on any atom is 0.231 e. The zero-order valence-corrected chi connectivity index (χ0v) is 20.2. The van der Waals surface area contributed by atoms with Crippen LogP contribution in [0.3, 0.4) is 0 Å². The summed E-state index contributed by atoms with van der Waals surface area (Å²) in [5.74, 6) is 1.43. The molecule has 1 aliphatic rings. The van der Waals surface area contributed by atoms with Gasteiger partial charge in [-0.15, -0.1) is 0 Å². The Kier molecular flexibility index (Phi) is 6.31. The Labute approximate surface area is 202 Å². The summed E-state index contributed by atoms with van der Waals surface area (Å²) in [6.07, 6.45) is 4.26. The van der Waals surface area contributed by atoms with Crippen LogP contribution in [0.25, 0.3) is 16.9 Å². The first-order valence-corrected chi connectivity index (χ1v) is 12.4. The van der Waals surface area contributed by atoms with Crippen LogP contribution in [0.2, 0.25) is 0 Å². The molecule has 3 aromatic heterocycles. The van der Waals surface area contributed by atoms with Gasteiger partial charge in [0.05, 0.1) is 5.69 Å². The lowest BCUT2D eigenvalue weighted by molar-refractivity contribution is -0.127. The lowest BCUT2D eigenvalue weighted by Gasteiger charge is -2.16. The van der Waals surface area contributed by atoms with E-state index in [1.54, 1.807) is 17.7 Å². The lowest BCUT2D eigenvalue weighted by Crippen LogP contribution is -2.27. The Morgan fingerprint density at radius 1 is 1.21 bits per heavy atom. The molecule has 0 spiro atoms. The summed E-state index contributed by atoms with van der Waals surface area (Å²) in [5.41, 5.74) is 4.47. The van der Waals surface area contributed by atoms with E-state index >= 15 is 0 Å². The standard InChI is InChI=1S/C24H28N8OS/c1-30(2)18-7-3-6-17(14-18)27-24-28-22(25-10-5-12-31-11-4-8-20(31)33)21-23(29-24)32(16-26-21)19-9-13-34-15-19/h3,6-7,9,13-16H,4-5,8,10-12H2,1-2H3,(H2,25,27,28,29). The van der Waals surface area contributed by atoms with E-state index in [9.17, 15) is 4.79 Å². The monoisotopic (exact) mass is 476 g/mol. The number of nitrogens with one attached hydrogen (secondary N) is 2. The number of carbonyl (C=O) groups excluding carboxylic acids is 1. The molecule has 0 bridgehead atoms. The Balaban J connectivity index is 1.41. The molecule has 1 fully saturated rings. The van der Waals surface area contributed by atoms with Crippen LogP contribution >= 0.6 is 11.3 Å². The largest absolute Gasteiger partial charge is 0.378 e. The van der Waals surface area contributed by atoms with Crippen LogP contribution in [0.4, 0.5) is 23.1 Å². The molecule has 34 heavy (non-hydrogen) atoms. The second-order valence-corrected chi connectivity index (χ2v) is 9.28. The van der Waals surface area contributed by atoms with Crippen molar-refractivity contribution in [1.82, 2.24) is 24.4 Å². The quantitative estimate of drug-likeness (QED) is 0.351. The molecule has 1 aromatic carbocycles. The number of hydrogen-bond donors (Lipinski definition) is 2. The predicted molar refractivity (Wildman–Crippen MR) is 138 cm³/mol. The third kappa shape index (κ3) is 4.67. The number of carbonyl (C=O) groups is 1. The Morgan fingerprint density at radius 2 is 2.12 bits per heavy atom. The molecule has 0 radical (unpaired) electrons. The number of amides is 1. The molecule has 1 aliphatic heterocycles. The summed E-state index contributed by atoms with van der Waals surface area (Å²) in [5, 5.41) is 10.9. The zero-order chi connectivity index (χ0) is 23.5. The second kappa shape index (κ2) is 9.68. The number of aromatic nitrogens is 4. The molecular weight excluding hydrogens is 448 g/mol. The highest BCUT2D eigenvalue weighted by molar-refractivity contribution is 7.08. The number of benzene rings is 1. The molecule has 2 N–H and O–H groups in total. The van der Waals surface area contributed by atoms with Crippen LogP contribution in [0, 0.1) is 0 Å². The molecule has 0 aliphatic carbocycles. The van der Waals surface area contributed by atoms with Gasteiger partial charge in [-0.3, -0.25) is 9.36 Å². The molecule has 0 atom stereocenters. The number of hydrogen-bond acceptors (Lipinski definition) is 8. The van der Waals surface area contributed by atoms with Crippen LogP contribution in [0.15, 0.2) is 47.4 Å². The van der Waals surface area contributed by atoms with Gasteiger partial charge >= 0.3 is 0 Å². The van der Waals surface area contributed by atoms with Crippen molar-refractivity contribution in [2.75, 3.05) is 49.3 Å². The Hall–Kier alpha value is -3.66. The van der Waals surface area contributed by atoms with Crippen LogP contribution in [-0.2, 0) is 4.79 Å². The highest BCUT2D eigenvalue weighted by Gasteiger charge is 2.19. The Morgan fingerprint density at radius 3 is 2.88 bits per heavy atom. The van der Waals surface area contributed by atoms with E-state index in [-0.39, 0.29) is 5.91 Å². The molecule has 0 unspecified atom stereocenters. The molecule has 0 saturated carbocycles. The fraction of sp³-hybridized carbons (Fsp3) is 0.333. The minimum atomic E-state index is 0.255. The molecule has 4 aromatic rings. The van der Waals surface area contributed by atoms with Crippen molar-refractivity contribution in [1.29, 1.82) is 0 Å². The van der Waals surface area contributed by atoms with E-state index < -0.39 is 0 Å². The fourth-order valence-corrected chi connectivity index (χ4v) is 4.70. The zero-order valence-electron chi connectivity index (χ0n) is 19.4. The number of nitrogens with zero attached hydrogens (tertiary/aromatic N) is 6. The predicted octanol–water partition coefficient (Wildman–Crippen LogP) is 4.11.